The fourth-order valence-corrected chi connectivity index (χ4v) is 3.43. The fourth-order valence-electron chi connectivity index (χ4n) is 2.57. The predicted molar refractivity (Wildman–Crippen MR) is 111 cm³/mol. The summed E-state index contributed by atoms with van der Waals surface area (Å²) in [4.78, 5) is 12.3. The Morgan fingerprint density at radius 3 is 2.39 bits per heavy atom. The van der Waals surface area contributed by atoms with E-state index in [-0.39, 0.29) is 0 Å². The number of hydrogen-bond donors (Lipinski definition) is 1. The van der Waals surface area contributed by atoms with Crippen LogP contribution in [0.1, 0.15) is 18.9 Å². The summed E-state index contributed by atoms with van der Waals surface area (Å²) in [5.74, 6) is -0.168. The number of aryl methyl sites for hydroxylation is 1. The van der Waals surface area contributed by atoms with Crippen LogP contribution in [0.4, 0.5) is 5.69 Å². The molecule has 7 nitrogen and oxygen atoms in total. The Kier molecular flexibility index (Phi) is 7.57. The lowest BCUT2D eigenvalue weighted by atomic mass is 10.1. The van der Waals surface area contributed by atoms with Crippen LogP contribution in [0, 0.1) is 0 Å². The molecule has 150 valence electrons. The van der Waals surface area contributed by atoms with E-state index in [4.69, 9.17) is 4.74 Å². The normalized spacial score (nSPS) is 11.8. The van der Waals surface area contributed by atoms with E-state index in [2.05, 4.69) is 10.5 Å². The first-order valence-corrected chi connectivity index (χ1v) is 10.6. The van der Waals surface area contributed by atoms with Gasteiger partial charge in [0.1, 0.15) is 12.3 Å². The highest BCUT2D eigenvalue weighted by molar-refractivity contribution is 7.92. The summed E-state index contributed by atoms with van der Waals surface area (Å²) in [7, 11) is -2.24. The highest BCUT2D eigenvalue weighted by Crippen LogP contribution is 2.29. The van der Waals surface area contributed by atoms with Gasteiger partial charge in [0.15, 0.2) is 0 Å². The molecule has 0 aliphatic rings. The molecular weight excluding hydrogens is 378 g/mol. The summed E-state index contributed by atoms with van der Waals surface area (Å²) >= 11 is 0. The number of ether oxygens (including phenoxy) is 1. The molecule has 2 aromatic carbocycles. The first-order chi connectivity index (χ1) is 13.3. The highest BCUT2D eigenvalue weighted by Gasteiger charge is 2.23. The van der Waals surface area contributed by atoms with Gasteiger partial charge >= 0.3 is 0 Å². The molecule has 0 saturated heterocycles. The van der Waals surface area contributed by atoms with Crippen molar-refractivity contribution in [3.8, 4) is 5.75 Å². The Bertz CT molecular complexity index is 927. The summed E-state index contributed by atoms with van der Waals surface area (Å²) in [6.07, 6.45) is 2.54. The van der Waals surface area contributed by atoms with E-state index in [1.165, 1.54) is 12.7 Å². The van der Waals surface area contributed by atoms with Gasteiger partial charge in [-0.2, -0.15) is 5.10 Å². The number of benzene rings is 2. The van der Waals surface area contributed by atoms with Crippen molar-refractivity contribution < 1.29 is 17.9 Å². The molecule has 1 amide bonds. The molecule has 1 N–H and O–H groups in total. The average molecular weight is 404 g/mol. The number of methoxy groups -OCH3 is 1. The minimum Gasteiger partial charge on any atom is -0.495 e. The summed E-state index contributed by atoms with van der Waals surface area (Å²) in [6.45, 7) is 1.42. The van der Waals surface area contributed by atoms with Gasteiger partial charge in [-0.15, -0.1) is 0 Å². The van der Waals surface area contributed by atoms with Crippen LogP contribution in [-0.2, 0) is 21.2 Å². The number of para-hydroxylation sites is 2. The smallest absolute Gasteiger partial charge is 0.260 e. The van der Waals surface area contributed by atoms with Crippen molar-refractivity contribution in [2.45, 2.75) is 19.8 Å². The third-order valence-electron chi connectivity index (χ3n) is 4.03. The number of amides is 1. The second kappa shape index (κ2) is 9.89. The third-order valence-corrected chi connectivity index (χ3v) is 5.16. The van der Waals surface area contributed by atoms with Crippen LogP contribution < -0.4 is 14.5 Å². The molecular formula is C20H25N3O4S. The molecule has 0 aliphatic heterocycles. The number of nitrogens with zero attached hydrogens (tertiary/aromatic N) is 2. The number of hydrogen-bond acceptors (Lipinski definition) is 5. The molecule has 0 unspecified atom stereocenters. The summed E-state index contributed by atoms with van der Waals surface area (Å²) in [6, 6.07) is 16.6. The van der Waals surface area contributed by atoms with Gasteiger partial charge in [0.25, 0.3) is 5.91 Å². The van der Waals surface area contributed by atoms with E-state index in [1.807, 2.05) is 37.3 Å². The monoisotopic (exact) mass is 403 g/mol. The summed E-state index contributed by atoms with van der Waals surface area (Å²) < 4.78 is 30.6. The van der Waals surface area contributed by atoms with Crippen molar-refractivity contribution in [1.29, 1.82) is 0 Å². The summed E-state index contributed by atoms with van der Waals surface area (Å²) in [5, 5.41) is 4.07. The first-order valence-electron chi connectivity index (χ1n) is 8.78. The Labute approximate surface area is 166 Å². The van der Waals surface area contributed by atoms with E-state index in [0.29, 0.717) is 17.9 Å². The molecule has 2 aromatic rings. The lowest BCUT2D eigenvalue weighted by molar-refractivity contribution is -0.119. The van der Waals surface area contributed by atoms with Gasteiger partial charge in [-0.3, -0.25) is 9.10 Å². The molecule has 28 heavy (non-hydrogen) atoms. The van der Waals surface area contributed by atoms with Gasteiger partial charge in [-0.25, -0.2) is 13.8 Å². The first kappa shape index (κ1) is 21.4. The second-order valence-corrected chi connectivity index (χ2v) is 8.22. The van der Waals surface area contributed by atoms with Crippen molar-refractivity contribution in [3.63, 3.8) is 0 Å². The maximum absolute atomic E-state index is 12.3. The number of anilines is 1. The Morgan fingerprint density at radius 2 is 1.75 bits per heavy atom. The van der Waals surface area contributed by atoms with Gasteiger partial charge in [0, 0.05) is 5.71 Å². The van der Waals surface area contributed by atoms with Crippen molar-refractivity contribution in [2.24, 2.45) is 5.10 Å². The van der Waals surface area contributed by atoms with Crippen molar-refractivity contribution >= 4 is 27.3 Å². The van der Waals surface area contributed by atoms with Crippen LogP contribution in [0.15, 0.2) is 59.7 Å². The van der Waals surface area contributed by atoms with Crippen LogP contribution in [0.5, 0.6) is 5.75 Å². The summed E-state index contributed by atoms with van der Waals surface area (Å²) in [5.41, 5.74) is 4.66. The van der Waals surface area contributed by atoms with E-state index in [1.54, 1.807) is 24.3 Å². The number of hydrazone groups is 1. The van der Waals surface area contributed by atoms with E-state index in [9.17, 15) is 13.2 Å². The van der Waals surface area contributed by atoms with Crippen LogP contribution in [0.25, 0.3) is 0 Å². The molecule has 0 bridgehead atoms. The standard InChI is InChI=1S/C20H25N3O4S/c1-16(13-14-17-9-5-4-6-10-17)21-22-20(24)15-23(28(3,25)26)18-11-7-8-12-19(18)27-2/h4-12H,13-15H2,1-3H3,(H,22,24)/b21-16+. The molecule has 0 spiro atoms. The lowest BCUT2D eigenvalue weighted by Crippen LogP contribution is -2.39. The maximum Gasteiger partial charge on any atom is 0.260 e. The van der Waals surface area contributed by atoms with Gasteiger partial charge < -0.3 is 4.74 Å². The molecule has 0 fully saturated rings. The van der Waals surface area contributed by atoms with Gasteiger partial charge in [0.05, 0.1) is 19.1 Å². The molecule has 0 heterocycles. The van der Waals surface area contributed by atoms with Crippen LogP contribution in [0.3, 0.4) is 0 Å². The Morgan fingerprint density at radius 1 is 1.11 bits per heavy atom. The molecule has 0 atom stereocenters. The van der Waals surface area contributed by atoms with Crippen molar-refractivity contribution in [1.82, 2.24) is 5.43 Å². The van der Waals surface area contributed by atoms with E-state index < -0.39 is 22.5 Å². The SMILES string of the molecule is COc1ccccc1N(CC(=O)N/N=C(\C)CCc1ccccc1)S(C)(=O)=O. The second-order valence-electron chi connectivity index (χ2n) is 6.31. The minimum absolute atomic E-state index is 0.299. The number of carbonyl (C=O) groups is 1. The number of carbonyl (C=O) groups excluding carboxylic acids is 1. The Hall–Kier alpha value is -2.87. The largest absolute Gasteiger partial charge is 0.495 e. The molecule has 0 radical (unpaired) electrons. The molecule has 0 saturated carbocycles. The van der Waals surface area contributed by atoms with E-state index >= 15 is 0 Å². The molecule has 2 rings (SSSR count). The average Bonchev–Trinajstić information content (AvgIpc) is 2.68. The van der Waals surface area contributed by atoms with Crippen molar-refractivity contribution in [2.75, 3.05) is 24.2 Å². The van der Waals surface area contributed by atoms with Gasteiger partial charge in [-0.05, 0) is 37.5 Å². The quantitative estimate of drug-likeness (QED) is 0.515. The van der Waals surface area contributed by atoms with Crippen molar-refractivity contribution in [3.05, 3.63) is 60.2 Å². The number of rotatable bonds is 9. The fraction of sp³-hybridized carbons (Fsp3) is 0.300. The lowest BCUT2D eigenvalue weighted by Gasteiger charge is -2.23. The predicted octanol–water partition coefficient (Wildman–Crippen LogP) is 2.59. The molecule has 0 aliphatic carbocycles. The third kappa shape index (κ3) is 6.38. The van der Waals surface area contributed by atoms with Crippen LogP contribution in [0.2, 0.25) is 0 Å². The van der Waals surface area contributed by atoms with Crippen LogP contribution in [-0.4, -0.2) is 39.9 Å². The topological polar surface area (TPSA) is 88.1 Å². The zero-order valence-corrected chi connectivity index (χ0v) is 17.1. The highest BCUT2D eigenvalue weighted by atomic mass is 32.2. The number of sulfonamides is 1. The zero-order chi connectivity index (χ0) is 20.6. The number of nitrogens with one attached hydrogen (secondary N) is 1. The Balaban J connectivity index is 2.02. The molecule has 8 heteroatoms. The van der Waals surface area contributed by atoms with Gasteiger partial charge in [-0.1, -0.05) is 42.5 Å². The van der Waals surface area contributed by atoms with E-state index in [0.717, 1.165) is 22.7 Å². The van der Waals surface area contributed by atoms with Gasteiger partial charge in [0.2, 0.25) is 10.0 Å². The van der Waals surface area contributed by atoms with Crippen LogP contribution >= 0.6 is 0 Å². The minimum atomic E-state index is -3.69. The maximum atomic E-state index is 12.3. The molecule has 0 aromatic heterocycles. The zero-order valence-electron chi connectivity index (χ0n) is 16.3.